The molecule has 1 atom stereocenters. The molecule has 0 aromatic rings. The van der Waals surface area contributed by atoms with Crippen molar-refractivity contribution in [3.8, 4) is 0 Å². The Morgan fingerprint density at radius 3 is 1.89 bits per heavy atom. The fourth-order valence-electron chi connectivity index (χ4n) is 0.637. The molecule has 0 aromatic carbocycles. The minimum atomic E-state index is 0.377. The molecular weight excluding hydrogens is 112 g/mol. The molecule has 0 fully saturated rings. The molecular formula is C7H20N2+2. The van der Waals surface area contributed by atoms with Crippen LogP contribution in [0.4, 0.5) is 0 Å². The molecule has 0 heterocycles. The van der Waals surface area contributed by atoms with E-state index in [-0.39, 0.29) is 0 Å². The standard InChI is InChI=1S/C7H18N2/c1-6(4-8)7(2,3)5-9/h6H,4-5,8-9H2,1-3H3/p+2. The Balaban J connectivity index is 3.80. The van der Waals surface area contributed by atoms with Crippen LogP contribution in [-0.2, 0) is 0 Å². The highest BCUT2D eigenvalue weighted by molar-refractivity contribution is 4.71. The number of quaternary nitrogens is 2. The van der Waals surface area contributed by atoms with E-state index in [9.17, 15) is 0 Å². The highest BCUT2D eigenvalue weighted by atomic mass is 14.6. The van der Waals surface area contributed by atoms with Crippen molar-refractivity contribution in [1.82, 2.24) is 0 Å². The normalized spacial score (nSPS) is 15.7. The minimum absolute atomic E-state index is 0.377. The van der Waals surface area contributed by atoms with Gasteiger partial charge in [0.25, 0.3) is 0 Å². The molecule has 0 spiro atoms. The monoisotopic (exact) mass is 132 g/mol. The first kappa shape index (κ1) is 8.92. The van der Waals surface area contributed by atoms with Gasteiger partial charge in [0, 0.05) is 11.3 Å². The minimum Gasteiger partial charge on any atom is -0.357 e. The summed E-state index contributed by atoms with van der Waals surface area (Å²) in [5.74, 6) is 0.690. The Morgan fingerprint density at radius 1 is 1.33 bits per heavy atom. The van der Waals surface area contributed by atoms with E-state index in [1.807, 2.05) is 0 Å². The van der Waals surface area contributed by atoms with Crippen LogP contribution in [0.2, 0.25) is 0 Å². The fourth-order valence-corrected chi connectivity index (χ4v) is 0.637. The molecule has 0 radical (unpaired) electrons. The van der Waals surface area contributed by atoms with Gasteiger partial charge in [-0.2, -0.15) is 0 Å². The summed E-state index contributed by atoms with van der Waals surface area (Å²) >= 11 is 0. The molecule has 0 bridgehead atoms. The molecule has 0 aliphatic heterocycles. The summed E-state index contributed by atoms with van der Waals surface area (Å²) in [4.78, 5) is 0. The Labute approximate surface area is 57.6 Å². The van der Waals surface area contributed by atoms with Crippen molar-refractivity contribution in [1.29, 1.82) is 0 Å². The van der Waals surface area contributed by atoms with Crippen molar-refractivity contribution >= 4 is 0 Å². The molecule has 0 saturated heterocycles. The predicted octanol–water partition coefficient (Wildman–Crippen LogP) is -0.867. The van der Waals surface area contributed by atoms with E-state index in [0.29, 0.717) is 11.3 Å². The van der Waals surface area contributed by atoms with Gasteiger partial charge in [-0.3, -0.25) is 0 Å². The SMILES string of the molecule is CC(C[NH3+])C(C)(C)C[NH3+]. The van der Waals surface area contributed by atoms with Crippen LogP contribution in [0.3, 0.4) is 0 Å². The Kier molecular flexibility index (Phi) is 3.15. The van der Waals surface area contributed by atoms with Crippen LogP contribution in [0.1, 0.15) is 20.8 Å². The van der Waals surface area contributed by atoms with Crippen molar-refractivity contribution in [3.63, 3.8) is 0 Å². The predicted molar refractivity (Wildman–Crippen MR) is 38.5 cm³/mol. The van der Waals surface area contributed by atoms with Gasteiger partial charge in [0.05, 0.1) is 13.1 Å². The largest absolute Gasteiger partial charge is 0.357 e. The number of hydrogen-bond acceptors (Lipinski definition) is 0. The maximum Gasteiger partial charge on any atom is 0.0796 e. The van der Waals surface area contributed by atoms with Crippen molar-refractivity contribution < 1.29 is 11.5 Å². The molecule has 0 aromatic heterocycles. The average molecular weight is 132 g/mol. The van der Waals surface area contributed by atoms with Gasteiger partial charge in [-0.05, 0) is 0 Å². The van der Waals surface area contributed by atoms with Crippen LogP contribution in [0, 0.1) is 11.3 Å². The van der Waals surface area contributed by atoms with E-state index in [4.69, 9.17) is 0 Å². The van der Waals surface area contributed by atoms with Crippen LogP contribution in [-0.4, -0.2) is 13.1 Å². The lowest BCUT2D eigenvalue weighted by atomic mass is 9.80. The number of hydrogen-bond donors (Lipinski definition) is 2. The van der Waals surface area contributed by atoms with Gasteiger partial charge in [-0.15, -0.1) is 0 Å². The molecule has 6 N–H and O–H groups in total. The smallest absolute Gasteiger partial charge is 0.0796 e. The number of rotatable bonds is 3. The van der Waals surface area contributed by atoms with Gasteiger partial charge in [0.15, 0.2) is 0 Å². The molecule has 0 aliphatic carbocycles. The van der Waals surface area contributed by atoms with Gasteiger partial charge in [-0.25, -0.2) is 0 Å². The first-order chi connectivity index (χ1) is 4.04. The summed E-state index contributed by atoms with van der Waals surface area (Å²) in [5.41, 5.74) is 8.15. The molecule has 0 rings (SSSR count). The van der Waals surface area contributed by atoms with E-state index in [1.54, 1.807) is 0 Å². The summed E-state index contributed by atoms with van der Waals surface area (Å²) < 4.78 is 0. The summed E-state index contributed by atoms with van der Waals surface area (Å²) in [6.45, 7) is 8.75. The lowest BCUT2D eigenvalue weighted by Gasteiger charge is -2.25. The molecule has 9 heavy (non-hydrogen) atoms. The van der Waals surface area contributed by atoms with Crippen LogP contribution < -0.4 is 11.5 Å². The summed E-state index contributed by atoms with van der Waals surface area (Å²) in [5, 5.41) is 0. The van der Waals surface area contributed by atoms with Gasteiger partial charge in [0.1, 0.15) is 0 Å². The Bertz CT molecular complexity index is 79.0. The summed E-state index contributed by atoms with van der Waals surface area (Å²) in [7, 11) is 0. The van der Waals surface area contributed by atoms with Crippen molar-refractivity contribution in [2.24, 2.45) is 11.3 Å². The van der Waals surface area contributed by atoms with Gasteiger partial charge in [-0.1, -0.05) is 20.8 Å². The van der Waals surface area contributed by atoms with Gasteiger partial charge in [0.2, 0.25) is 0 Å². The second-order valence-electron chi connectivity index (χ2n) is 3.43. The third-order valence-electron chi connectivity index (χ3n) is 2.41. The zero-order valence-electron chi connectivity index (χ0n) is 6.91. The van der Waals surface area contributed by atoms with E-state index < -0.39 is 0 Å². The third-order valence-corrected chi connectivity index (χ3v) is 2.41. The molecule has 0 amide bonds. The summed E-state index contributed by atoms with van der Waals surface area (Å²) in [6.07, 6.45) is 0. The fraction of sp³-hybridized carbons (Fsp3) is 1.00. The maximum absolute atomic E-state index is 3.90. The molecule has 56 valence electrons. The molecule has 2 heteroatoms. The zero-order valence-corrected chi connectivity index (χ0v) is 6.91. The van der Waals surface area contributed by atoms with Gasteiger partial charge >= 0.3 is 0 Å². The Hall–Kier alpha value is -0.0800. The molecule has 0 saturated carbocycles. The zero-order chi connectivity index (χ0) is 7.49. The van der Waals surface area contributed by atoms with Crippen LogP contribution in [0.15, 0.2) is 0 Å². The summed E-state index contributed by atoms with van der Waals surface area (Å²) in [6, 6.07) is 0. The van der Waals surface area contributed by atoms with Crippen LogP contribution in [0.5, 0.6) is 0 Å². The van der Waals surface area contributed by atoms with Crippen LogP contribution >= 0.6 is 0 Å². The second kappa shape index (κ2) is 3.18. The van der Waals surface area contributed by atoms with E-state index in [0.717, 1.165) is 13.1 Å². The van der Waals surface area contributed by atoms with Crippen LogP contribution in [0.25, 0.3) is 0 Å². The van der Waals surface area contributed by atoms with Crippen molar-refractivity contribution in [3.05, 3.63) is 0 Å². The Morgan fingerprint density at radius 2 is 1.78 bits per heavy atom. The van der Waals surface area contributed by atoms with Gasteiger partial charge < -0.3 is 11.5 Å². The lowest BCUT2D eigenvalue weighted by molar-refractivity contribution is -0.415. The topological polar surface area (TPSA) is 55.3 Å². The first-order valence-electron chi connectivity index (χ1n) is 3.63. The lowest BCUT2D eigenvalue weighted by Crippen LogP contribution is -2.62. The van der Waals surface area contributed by atoms with E-state index in [2.05, 4.69) is 32.2 Å². The van der Waals surface area contributed by atoms with E-state index >= 15 is 0 Å². The van der Waals surface area contributed by atoms with Crippen molar-refractivity contribution in [2.45, 2.75) is 20.8 Å². The quantitative estimate of drug-likeness (QED) is 0.502. The highest BCUT2D eigenvalue weighted by Gasteiger charge is 2.26. The third kappa shape index (κ3) is 2.33. The van der Waals surface area contributed by atoms with E-state index in [1.165, 1.54) is 0 Å². The first-order valence-corrected chi connectivity index (χ1v) is 3.63. The molecule has 0 aliphatic rings. The average Bonchev–Trinajstić information content (AvgIpc) is 1.86. The maximum atomic E-state index is 3.90. The van der Waals surface area contributed by atoms with Crippen molar-refractivity contribution in [2.75, 3.05) is 13.1 Å². The molecule has 2 nitrogen and oxygen atoms in total. The molecule has 1 unspecified atom stereocenters. The highest BCUT2D eigenvalue weighted by Crippen LogP contribution is 2.22. The second-order valence-corrected chi connectivity index (χ2v) is 3.43.